The van der Waals surface area contributed by atoms with Crippen molar-refractivity contribution in [1.29, 1.82) is 0 Å². The fourth-order valence-corrected chi connectivity index (χ4v) is 3.37. The van der Waals surface area contributed by atoms with Gasteiger partial charge in [-0.1, -0.05) is 12.1 Å². The Balaban J connectivity index is 1.54. The average molecular weight is 330 g/mol. The van der Waals surface area contributed by atoms with Crippen LogP contribution in [0.15, 0.2) is 24.3 Å². The topological polar surface area (TPSA) is 58.6 Å². The van der Waals surface area contributed by atoms with Gasteiger partial charge in [-0.2, -0.15) is 0 Å². The van der Waals surface area contributed by atoms with Crippen molar-refractivity contribution in [3.05, 3.63) is 29.8 Å². The van der Waals surface area contributed by atoms with E-state index in [4.69, 9.17) is 4.74 Å². The number of carbonyl (C=O) groups is 2. The first kappa shape index (κ1) is 17.0. The van der Waals surface area contributed by atoms with E-state index in [0.717, 1.165) is 30.7 Å². The monoisotopic (exact) mass is 330 g/mol. The van der Waals surface area contributed by atoms with E-state index in [1.807, 2.05) is 38.1 Å². The molecule has 1 aliphatic heterocycles. The number of amides is 2. The maximum absolute atomic E-state index is 12.7. The lowest BCUT2D eigenvalue weighted by atomic mass is 10.2. The summed E-state index contributed by atoms with van der Waals surface area (Å²) in [5, 5.41) is 2.94. The van der Waals surface area contributed by atoms with Crippen molar-refractivity contribution in [2.75, 3.05) is 24.6 Å². The van der Waals surface area contributed by atoms with E-state index >= 15 is 0 Å². The van der Waals surface area contributed by atoms with E-state index in [9.17, 15) is 9.59 Å². The van der Waals surface area contributed by atoms with Gasteiger partial charge in [0.15, 0.2) is 0 Å². The maximum atomic E-state index is 12.7. The van der Waals surface area contributed by atoms with Crippen LogP contribution in [0.4, 0.5) is 5.69 Å². The van der Waals surface area contributed by atoms with Gasteiger partial charge in [0.2, 0.25) is 11.8 Å². The lowest BCUT2D eigenvalue weighted by Crippen LogP contribution is -2.36. The summed E-state index contributed by atoms with van der Waals surface area (Å²) in [6.07, 6.45) is 2.86. The molecule has 3 unspecified atom stereocenters. The Morgan fingerprint density at radius 1 is 1.33 bits per heavy atom. The molecule has 1 heterocycles. The normalized spacial score (nSPS) is 25.3. The van der Waals surface area contributed by atoms with E-state index < -0.39 is 0 Å². The zero-order valence-electron chi connectivity index (χ0n) is 14.5. The predicted molar refractivity (Wildman–Crippen MR) is 92.8 cm³/mol. The third-order valence-electron chi connectivity index (χ3n) is 4.87. The van der Waals surface area contributed by atoms with Gasteiger partial charge in [-0.25, -0.2) is 0 Å². The Morgan fingerprint density at radius 2 is 2.17 bits per heavy atom. The molecule has 5 heteroatoms. The Kier molecular flexibility index (Phi) is 5.19. The number of nitrogens with zero attached hydrogens (tertiary/aromatic N) is 1. The fraction of sp³-hybridized carbons (Fsp3) is 0.579. The van der Waals surface area contributed by atoms with Crippen LogP contribution in [-0.4, -0.2) is 37.6 Å². The first-order chi connectivity index (χ1) is 11.6. The molecular weight excluding hydrogens is 304 g/mol. The van der Waals surface area contributed by atoms with Gasteiger partial charge < -0.3 is 15.0 Å². The van der Waals surface area contributed by atoms with Crippen molar-refractivity contribution in [2.24, 2.45) is 11.8 Å². The van der Waals surface area contributed by atoms with Crippen LogP contribution in [0.25, 0.3) is 0 Å². The van der Waals surface area contributed by atoms with Gasteiger partial charge in [0.25, 0.3) is 0 Å². The molecule has 1 N–H and O–H groups in total. The molecule has 24 heavy (non-hydrogen) atoms. The highest BCUT2D eigenvalue weighted by atomic mass is 16.5. The number of hydrogen-bond acceptors (Lipinski definition) is 3. The fourth-order valence-electron chi connectivity index (χ4n) is 3.37. The molecule has 130 valence electrons. The van der Waals surface area contributed by atoms with E-state index in [-0.39, 0.29) is 29.8 Å². The van der Waals surface area contributed by atoms with Crippen LogP contribution < -0.4 is 10.2 Å². The minimum atomic E-state index is -0.185. The van der Waals surface area contributed by atoms with E-state index in [2.05, 4.69) is 5.32 Å². The Morgan fingerprint density at radius 3 is 2.83 bits per heavy atom. The van der Waals surface area contributed by atoms with Gasteiger partial charge >= 0.3 is 0 Å². The summed E-state index contributed by atoms with van der Waals surface area (Å²) in [6.45, 7) is 5.94. The average Bonchev–Trinajstić information content (AvgIpc) is 3.21. The highest BCUT2D eigenvalue weighted by Crippen LogP contribution is 2.41. The molecule has 2 amide bonds. The van der Waals surface area contributed by atoms with Crippen LogP contribution in [0.5, 0.6) is 0 Å². The Bertz CT molecular complexity index is 610. The minimum Gasteiger partial charge on any atom is -0.376 e. The van der Waals surface area contributed by atoms with Crippen LogP contribution in [0.1, 0.15) is 31.7 Å². The molecule has 1 saturated heterocycles. The second-order valence-electron chi connectivity index (χ2n) is 6.75. The van der Waals surface area contributed by atoms with Crippen molar-refractivity contribution >= 4 is 17.5 Å². The molecule has 2 fully saturated rings. The molecule has 0 radical (unpaired) electrons. The van der Waals surface area contributed by atoms with Crippen molar-refractivity contribution in [2.45, 2.75) is 39.2 Å². The zero-order valence-corrected chi connectivity index (χ0v) is 14.5. The smallest absolute Gasteiger partial charge is 0.230 e. The summed E-state index contributed by atoms with van der Waals surface area (Å²) in [7, 11) is 0. The molecule has 1 saturated carbocycles. The summed E-state index contributed by atoms with van der Waals surface area (Å²) in [4.78, 5) is 26.8. The summed E-state index contributed by atoms with van der Waals surface area (Å²) in [5.41, 5.74) is 2.04. The molecule has 3 rings (SSSR count). The Labute approximate surface area is 143 Å². The first-order valence-electron chi connectivity index (χ1n) is 8.87. The minimum absolute atomic E-state index is 0.0101. The van der Waals surface area contributed by atoms with Gasteiger partial charge in [-0.05, 0) is 50.8 Å². The number of carbonyl (C=O) groups excluding carboxylic acids is 2. The van der Waals surface area contributed by atoms with Gasteiger partial charge in [0.05, 0.1) is 17.9 Å². The molecular formula is C19H26N2O3. The summed E-state index contributed by atoms with van der Waals surface area (Å²) in [5.74, 6) is -0.322. The summed E-state index contributed by atoms with van der Waals surface area (Å²) >= 11 is 0. The molecule has 5 nitrogen and oxygen atoms in total. The van der Waals surface area contributed by atoms with Crippen LogP contribution >= 0.6 is 0 Å². The molecule has 0 spiro atoms. The quantitative estimate of drug-likeness (QED) is 0.870. The van der Waals surface area contributed by atoms with Gasteiger partial charge in [0, 0.05) is 25.4 Å². The number of nitrogens with one attached hydrogen (secondary N) is 1. The highest BCUT2D eigenvalue weighted by Gasteiger charge is 2.49. The van der Waals surface area contributed by atoms with E-state index in [0.29, 0.717) is 19.5 Å². The third kappa shape index (κ3) is 3.78. The second-order valence-corrected chi connectivity index (χ2v) is 6.75. The Hall–Kier alpha value is -1.88. The predicted octanol–water partition coefficient (Wildman–Crippen LogP) is 2.28. The molecule has 1 aromatic carbocycles. The van der Waals surface area contributed by atoms with Crippen LogP contribution in [-0.2, 0) is 14.3 Å². The molecule has 0 aromatic heterocycles. The molecule has 0 bridgehead atoms. The van der Waals surface area contributed by atoms with Crippen molar-refractivity contribution < 1.29 is 14.3 Å². The number of aryl methyl sites for hydroxylation is 1. The van der Waals surface area contributed by atoms with Crippen LogP contribution in [0, 0.1) is 18.8 Å². The van der Waals surface area contributed by atoms with Crippen LogP contribution in [0.2, 0.25) is 0 Å². The molecule has 2 aliphatic rings. The lowest BCUT2D eigenvalue weighted by Gasteiger charge is -2.21. The highest BCUT2D eigenvalue weighted by molar-refractivity contribution is 6.01. The number of hydrogen-bond donors (Lipinski definition) is 1. The standard InChI is InChI=1S/C19H26N2O3/c1-3-21(14-7-4-6-13(2)10-14)19(23)17-11-16(17)18(22)20-12-15-8-5-9-24-15/h4,6-7,10,15-17H,3,5,8-9,11-12H2,1-2H3,(H,20,22). The summed E-state index contributed by atoms with van der Waals surface area (Å²) < 4.78 is 5.51. The van der Waals surface area contributed by atoms with Gasteiger partial charge in [-0.3, -0.25) is 9.59 Å². The molecule has 1 aliphatic carbocycles. The number of ether oxygens (including phenoxy) is 1. The molecule has 1 aromatic rings. The largest absolute Gasteiger partial charge is 0.376 e. The SMILES string of the molecule is CCN(C(=O)C1CC1C(=O)NCC1CCCO1)c1cccc(C)c1. The van der Waals surface area contributed by atoms with Crippen molar-refractivity contribution in [3.63, 3.8) is 0 Å². The first-order valence-corrected chi connectivity index (χ1v) is 8.87. The van der Waals surface area contributed by atoms with Gasteiger partial charge in [0.1, 0.15) is 0 Å². The van der Waals surface area contributed by atoms with E-state index in [1.54, 1.807) is 4.90 Å². The second kappa shape index (κ2) is 7.34. The zero-order chi connectivity index (χ0) is 17.1. The summed E-state index contributed by atoms with van der Waals surface area (Å²) in [6, 6.07) is 7.93. The van der Waals surface area contributed by atoms with E-state index in [1.165, 1.54) is 0 Å². The number of anilines is 1. The van der Waals surface area contributed by atoms with Crippen molar-refractivity contribution in [3.8, 4) is 0 Å². The molecule has 3 atom stereocenters. The van der Waals surface area contributed by atoms with Crippen molar-refractivity contribution in [1.82, 2.24) is 5.32 Å². The number of rotatable bonds is 6. The van der Waals surface area contributed by atoms with Crippen LogP contribution in [0.3, 0.4) is 0 Å². The lowest BCUT2D eigenvalue weighted by molar-refractivity contribution is -0.126. The third-order valence-corrected chi connectivity index (χ3v) is 4.87. The van der Waals surface area contributed by atoms with Gasteiger partial charge in [-0.15, -0.1) is 0 Å². The maximum Gasteiger partial charge on any atom is 0.230 e. The number of benzene rings is 1.